The number of Topliss-reactive ketones (excluding diaryl/α,β-unsaturated/α-hetero) is 2. The molecule has 3 fully saturated rings. The predicted octanol–water partition coefficient (Wildman–Crippen LogP) is 9.89. The minimum atomic E-state index is -2.74. The van der Waals surface area contributed by atoms with Crippen molar-refractivity contribution in [3.63, 3.8) is 0 Å². The van der Waals surface area contributed by atoms with Crippen LogP contribution in [0.3, 0.4) is 0 Å². The number of nitrogens with one attached hydrogen (secondary N) is 1. The molecule has 6 N–H and O–H groups in total. The summed E-state index contributed by atoms with van der Waals surface area (Å²) in [6, 6.07) is 9.85. The van der Waals surface area contributed by atoms with Crippen LogP contribution < -0.4 is 31.2 Å². The molecule has 1 atom stereocenters. The van der Waals surface area contributed by atoms with Gasteiger partial charge >= 0.3 is 0 Å². The molecular formula is C42H54Br4F6N9O8PS. The maximum Gasteiger partial charge on any atom is 0.249 e. The van der Waals surface area contributed by atoms with Crippen LogP contribution in [0.5, 0.6) is 17.6 Å². The van der Waals surface area contributed by atoms with Gasteiger partial charge in [0.25, 0.3) is 0 Å². The predicted molar refractivity (Wildman–Crippen MR) is 275 cm³/mol. The largest absolute Gasteiger partial charge is 0.480 e. The molecule has 0 aromatic carbocycles. The first-order valence-corrected chi connectivity index (χ1v) is 25.8. The normalized spacial score (nSPS) is 18.6. The van der Waals surface area contributed by atoms with E-state index in [-0.39, 0.29) is 81.9 Å². The van der Waals surface area contributed by atoms with Gasteiger partial charge in [-0.3, -0.25) is 19.4 Å². The molecule has 0 amide bonds. The lowest BCUT2D eigenvalue weighted by Crippen LogP contribution is -2.47. The fourth-order valence-corrected chi connectivity index (χ4v) is 7.76. The molecule has 0 bridgehead atoms. The molecular weight excluding hydrogens is 1260 g/mol. The number of rotatable bonds is 13. The zero-order valence-corrected chi connectivity index (χ0v) is 45.0. The molecule has 29 heteroatoms. The number of carbonyl (C=O) groups is 2. The first-order chi connectivity index (χ1) is 32.5. The lowest BCUT2D eigenvalue weighted by molar-refractivity contribution is -0.152. The second-order valence-electron chi connectivity index (χ2n) is 15.0. The molecule has 3 aromatic heterocycles. The number of methoxy groups -OCH3 is 3. The van der Waals surface area contributed by atoms with Crippen LogP contribution in [-0.2, 0) is 31.1 Å². The Bertz CT molecular complexity index is 2330. The van der Waals surface area contributed by atoms with E-state index >= 15 is 0 Å². The van der Waals surface area contributed by atoms with E-state index in [1.807, 2.05) is 6.66 Å². The molecule has 0 radical (unpaired) electrons. The van der Waals surface area contributed by atoms with Crippen molar-refractivity contribution in [2.45, 2.75) is 77.2 Å². The number of halogens is 10. The van der Waals surface area contributed by atoms with E-state index in [0.717, 1.165) is 11.8 Å². The standard InChI is InChI=1S/C13H14BrF2N3O3.C13H14BrF2N3O2.C7H8BrN3O2.C6H7BrF2O.CH3PS.2CH4/c1-21-12-8(14)2-3-9(18-12)11(17)19-22-6-10(20)7-4-13(15,16)5-7;1-20-12-8(14)2-3-9(18-12)11-17-10(6-21-19-11)7-4-13(15,16)5-7;1-13-7-4(8)2-3-5(10-7)6(9)11-12;7-3-5(10)4-1-6(8,9)2-4;1-2-3;;/h2-3,7H,4-6H2,1H3,(H2,17,19);2-3,7,10H,4-6H2,1H3,(H,17,19);2-3,12H,1H3,(H2,9,11);4H,1-3H2;1H3;2*1H4. The smallest absolute Gasteiger partial charge is 0.249 e. The molecule has 3 aliphatic carbocycles. The van der Waals surface area contributed by atoms with Gasteiger partial charge in [0.15, 0.2) is 29.9 Å². The second-order valence-corrected chi connectivity index (χ2v) is 19.5. The van der Waals surface area contributed by atoms with Gasteiger partial charge in [-0.1, -0.05) is 52.9 Å². The lowest BCUT2D eigenvalue weighted by atomic mass is 9.76. The summed E-state index contributed by atoms with van der Waals surface area (Å²) in [4.78, 5) is 49.1. The van der Waals surface area contributed by atoms with Crippen molar-refractivity contribution in [2.24, 2.45) is 44.5 Å². The molecule has 3 saturated carbocycles. The average molecular weight is 1310 g/mol. The highest BCUT2D eigenvalue weighted by atomic mass is 79.9. The highest BCUT2D eigenvalue weighted by Crippen LogP contribution is 2.46. The van der Waals surface area contributed by atoms with Gasteiger partial charge in [-0.05, 0) is 104 Å². The van der Waals surface area contributed by atoms with Crippen molar-refractivity contribution in [1.29, 1.82) is 0 Å². The Hall–Kier alpha value is -3.82. The van der Waals surface area contributed by atoms with Crippen LogP contribution in [0.25, 0.3) is 0 Å². The molecule has 4 heterocycles. The number of ether oxygens (including phenoxy) is 3. The van der Waals surface area contributed by atoms with Gasteiger partial charge in [-0.15, -0.1) is 0 Å². The van der Waals surface area contributed by atoms with Crippen LogP contribution in [0.4, 0.5) is 26.3 Å². The quantitative estimate of drug-likeness (QED) is 0.0237. The maximum atomic E-state index is 13.0. The third-order valence-electron chi connectivity index (χ3n) is 9.87. The van der Waals surface area contributed by atoms with Crippen molar-refractivity contribution in [3.8, 4) is 17.6 Å². The molecule has 1 unspecified atom stereocenters. The van der Waals surface area contributed by atoms with E-state index in [4.69, 9.17) is 40.6 Å². The Balaban J connectivity index is 0.000000478. The molecule has 71 heavy (non-hydrogen) atoms. The first kappa shape index (κ1) is 65.2. The number of nitrogens with zero attached hydrogens (tertiary/aromatic N) is 6. The average Bonchev–Trinajstić information content (AvgIpc) is 3.29. The van der Waals surface area contributed by atoms with Gasteiger partial charge in [-0.25, -0.2) is 46.8 Å². The number of oxime groups is 2. The number of nitrogens with two attached hydrogens (primary N) is 2. The van der Waals surface area contributed by atoms with Gasteiger partial charge < -0.3 is 35.7 Å². The number of alkyl halides is 7. The Kier molecular flexibility index (Phi) is 27.9. The Morgan fingerprint density at radius 3 is 1.62 bits per heavy atom. The number of ketones is 2. The fourth-order valence-electron chi connectivity index (χ4n) is 6.15. The van der Waals surface area contributed by atoms with Crippen LogP contribution in [0.2, 0.25) is 0 Å². The SMILES string of the molecule is C.C.COc1nc(/C(N)=N/O)ccc1Br.COc1nc(/C(N)=N/OCC(=O)C2CC(F)(F)C2)ccc1Br.COc1nc(C2=NC(C3CC(F)(F)C3)CON2)ccc1Br.CP=S.O=C(CBr)C1CC(F)(F)C1. The highest BCUT2D eigenvalue weighted by Gasteiger charge is 2.50. The summed E-state index contributed by atoms with van der Waals surface area (Å²) >= 11 is 17.1. The summed E-state index contributed by atoms with van der Waals surface area (Å²) in [6.45, 7) is 1.81. The van der Waals surface area contributed by atoms with E-state index in [9.17, 15) is 35.9 Å². The minimum absolute atomic E-state index is 0. The van der Waals surface area contributed by atoms with Crippen molar-refractivity contribution < 1.29 is 65.0 Å². The zero-order chi connectivity index (χ0) is 51.7. The fraction of sp³-hybridized carbons (Fsp3) is 0.524. The minimum Gasteiger partial charge on any atom is -0.480 e. The summed E-state index contributed by atoms with van der Waals surface area (Å²) < 4.78 is 92.6. The monoisotopic (exact) mass is 1310 g/mol. The van der Waals surface area contributed by atoms with Gasteiger partial charge in [0, 0.05) is 50.4 Å². The molecule has 17 nitrogen and oxygen atoms in total. The number of amidine groups is 3. The van der Waals surface area contributed by atoms with Crippen LogP contribution in [-0.4, -0.2) is 120 Å². The molecule has 4 aliphatic rings. The summed E-state index contributed by atoms with van der Waals surface area (Å²) in [5.41, 5.74) is 14.9. The molecule has 0 saturated heterocycles. The number of aromatic nitrogens is 3. The molecule has 0 spiro atoms. The third kappa shape index (κ3) is 20.5. The highest BCUT2D eigenvalue weighted by molar-refractivity contribution is 9.11. The van der Waals surface area contributed by atoms with Gasteiger partial charge in [0.2, 0.25) is 35.4 Å². The van der Waals surface area contributed by atoms with E-state index < -0.39 is 54.8 Å². The molecule has 1 aliphatic heterocycles. The van der Waals surface area contributed by atoms with E-state index in [0.29, 0.717) is 49.5 Å². The van der Waals surface area contributed by atoms with E-state index in [1.54, 1.807) is 36.4 Å². The Morgan fingerprint density at radius 2 is 1.20 bits per heavy atom. The van der Waals surface area contributed by atoms with E-state index in [1.165, 1.54) is 21.3 Å². The molecule has 3 aromatic rings. The van der Waals surface area contributed by atoms with Crippen LogP contribution in [0.1, 0.15) is 70.5 Å². The lowest BCUT2D eigenvalue weighted by Gasteiger charge is -2.39. The number of hydrogen-bond donors (Lipinski definition) is 4. The second kappa shape index (κ2) is 30.4. The van der Waals surface area contributed by atoms with Crippen LogP contribution in [0, 0.1) is 17.8 Å². The number of carbonyl (C=O) groups excluding carboxylic acids is 2. The number of hydroxylamine groups is 1. The topological polar surface area (TPSA) is 240 Å². The van der Waals surface area contributed by atoms with Gasteiger partial charge in [0.05, 0.1) is 52.7 Å². The maximum absolute atomic E-state index is 13.0. The van der Waals surface area contributed by atoms with Gasteiger partial charge in [0.1, 0.15) is 22.9 Å². The third-order valence-corrected chi connectivity index (χ3v) is 12.2. The molecule has 7 rings (SSSR count). The van der Waals surface area contributed by atoms with E-state index in [2.05, 4.69) is 111 Å². The molecule has 396 valence electrons. The summed E-state index contributed by atoms with van der Waals surface area (Å²) in [7, 11) is 5.46. The zero-order valence-electron chi connectivity index (χ0n) is 36.9. The Morgan fingerprint density at radius 1 is 0.775 bits per heavy atom. The van der Waals surface area contributed by atoms with Crippen molar-refractivity contribution in [2.75, 3.05) is 46.5 Å². The number of aliphatic imine (C=N–C) groups is 1. The summed E-state index contributed by atoms with van der Waals surface area (Å²) in [5, 5.41) is 15.0. The van der Waals surface area contributed by atoms with Crippen LogP contribution >= 0.6 is 71.1 Å². The summed E-state index contributed by atoms with van der Waals surface area (Å²) in [5.74, 6) is -8.10. The number of pyridine rings is 3. The summed E-state index contributed by atoms with van der Waals surface area (Å²) in [6.07, 6.45) is -1.63. The van der Waals surface area contributed by atoms with Crippen molar-refractivity contribution in [3.05, 3.63) is 66.9 Å². The van der Waals surface area contributed by atoms with Crippen molar-refractivity contribution in [1.82, 2.24) is 20.4 Å². The Labute approximate surface area is 447 Å². The van der Waals surface area contributed by atoms with Crippen LogP contribution in [0.15, 0.2) is 65.1 Å². The first-order valence-electron chi connectivity index (χ1n) is 19.9. The van der Waals surface area contributed by atoms with Crippen molar-refractivity contribution >= 4 is 112 Å². The van der Waals surface area contributed by atoms with Gasteiger partial charge in [-0.2, -0.15) is 0 Å². The number of hydrogen-bond acceptors (Lipinski definition) is 16.